The average Bonchev–Trinajstić information content (AvgIpc) is 2.25. The van der Waals surface area contributed by atoms with Crippen molar-refractivity contribution >= 4 is 5.91 Å². The largest absolute Gasteiger partial charge is 0.391 e. The lowest BCUT2D eigenvalue weighted by Gasteiger charge is -2.38. The van der Waals surface area contributed by atoms with Crippen LogP contribution in [0.3, 0.4) is 0 Å². The molecule has 0 saturated heterocycles. The summed E-state index contributed by atoms with van der Waals surface area (Å²) in [6.07, 6.45) is 3.76. The third kappa shape index (κ3) is 4.25. The van der Waals surface area contributed by atoms with Gasteiger partial charge in [-0.3, -0.25) is 9.69 Å². The number of hydrogen-bond donors (Lipinski definition) is 2. The SMILES string of the molecule is CC(C(=O)NC(C)(C)C)N(C)C1CCCCC1O. The Hall–Kier alpha value is -0.610. The fourth-order valence-electron chi connectivity index (χ4n) is 2.51. The molecule has 4 nitrogen and oxygen atoms in total. The van der Waals surface area contributed by atoms with E-state index in [4.69, 9.17) is 0 Å². The minimum atomic E-state index is -0.298. The zero-order valence-electron chi connectivity index (χ0n) is 12.4. The van der Waals surface area contributed by atoms with E-state index in [0.717, 1.165) is 25.7 Å². The van der Waals surface area contributed by atoms with Gasteiger partial charge in [-0.15, -0.1) is 0 Å². The molecular formula is C14H28N2O2. The Morgan fingerprint density at radius 1 is 1.33 bits per heavy atom. The zero-order chi connectivity index (χ0) is 13.9. The second-order valence-electron chi connectivity index (χ2n) is 6.50. The summed E-state index contributed by atoms with van der Waals surface area (Å²) >= 11 is 0. The first-order valence-electron chi connectivity index (χ1n) is 6.94. The minimum Gasteiger partial charge on any atom is -0.391 e. The van der Waals surface area contributed by atoms with Crippen molar-refractivity contribution in [1.82, 2.24) is 10.2 Å². The first-order valence-corrected chi connectivity index (χ1v) is 6.94. The van der Waals surface area contributed by atoms with Gasteiger partial charge in [0.1, 0.15) is 0 Å². The van der Waals surface area contributed by atoms with Gasteiger partial charge in [0.05, 0.1) is 12.1 Å². The molecule has 3 unspecified atom stereocenters. The van der Waals surface area contributed by atoms with E-state index in [1.54, 1.807) is 0 Å². The van der Waals surface area contributed by atoms with Crippen LogP contribution in [0, 0.1) is 0 Å². The van der Waals surface area contributed by atoms with E-state index in [9.17, 15) is 9.90 Å². The van der Waals surface area contributed by atoms with E-state index < -0.39 is 0 Å². The number of aliphatic hydroxyl groups is 1. The molecule has 0 aromatic rings. The monoisotopic (exact) mass is 256 g/mol. The first kappa shape index (κ1) is 15.4. The van der Waals surface area contributed by atoms with Gasteiger partial charge >= 0.3 is 0 Å². The lowest BCUT2D eigenvalue weighted by molar-refractivity contribution is -0.128. The zero-order valence-corrected chi connectivity index (χ0v) is 12.4. The summed E-state index contributed by atoms with van der Waals surface area (Å²) in [7, 11) is 1.94. The average molecular weight is 256 g/mol. The number of likely N-dealkylation sites (N-methyl/N-ethyl adjacent to an activating group) is 1. The maximum atomic E-state index is 12.1. The third-order valence-electron chi connectivity index (χ3n) is 3.71. The molecule has 1 aliphatic rings. The molecule has 0 radical (unpaired) electrons. The van der Waals surface area contributed by atoms with E-state index in [0.29, 0.717) is 0 Å². The van der Waals surface area contributed by atoms with E-state index >= 15 is 0 Å². The molecule has 1 aliphatic carbocycles. The van der Waals surface area contributed by atoms with Crippen LogP contribution in [-0.4, -0.2) is 46.7 Å². The molecule has 2 N–H and O–H groups in total. The van der Waals surface area contributed by atoms with Crippen LogP contribution in [-0.2, 0) is 4.79 Å². The highest BCUT2D eigenvalue weighted by atomic mass is 16.3. The number of nitrogens with one attached hydrogen (secondary N) is 1. The van der Waals surface area contributed by atoms with Gasteiger partial charge in [0, 0.05) is 11.6 Å². The Labute approximate surface area is 111 Å². The summed E-state index contributed by atoms with van der Waals surface area (Å²) < 4.78 is 0. The van der Waals surface area contributed by atoms with Crippen molar-refractivity contribution in [2.45, 2.75) is 77.1 Å². The Kier molecular flexibility index (Phi) is 5.17. The number of nitrogens with zero attached hydrogens (tertiary/aromatic N) is 1. The second kappa shape index (κ2) is 6.02. The summed E-state index contributed by atoms with van der Waals surface area (Å²) in [6, 6.07) is -0.0959. The van der Waals surface area contributed by atoms with Crippen molar-refractivity contribution < 1.29 is 9.90 Å². The first-order chi connectivity index (χ1) is 8.22. The van der Waals surface area contributed by atoms with Crippen molar-refractivity contribution in [3.05, 3.63) is 0 Å². The smallest absolute Gasteiger partial charge is 0.237 e. The molecule has 0 spiro atoms. The summed E-state index contributed by atoms with van der Waals surface area (Å²) in [5.74, 6) is 0.0303. The predicted molar refractivity (Wildman–Crippen MR) is 73.4 cm³/mol. The van der Waals surface area contributed by atoms with Crippen LogP contribution >= 0.6 is 0 Å². The van der Waals surface area contributed by atoms with E-state index in [1.807, 2.05) is 39.6 Å². The molecule has 1 fully saturated rings. The van der Waals surface area contributed by atoms with Crippen LogP contribution in [0.15, 0.2) is 0 Å². The van der Waals surface area contributed by atoms with Gasteiger partial charge in [-0.25, -0.2) is 0 Å². The fourth-order valence-corrected chi connectivity index (χ4v) is 2.51. The molecule has 1 rings (SSSR count). The highest BCUT2D eigenvalue weighted by molar-refractivity contribution is 5.81. The Morgan fingerprint density at radius 3 is 2.39 bits per heavy atom. The molecule has 1 saturated carbocycles. The fraction of sp³-hybridized carbons (Fsp3) is 0.929. The van der Waals surface area contributed by atoms with Gasteiger partial charge in [-0.05, 0) is 47.6 Å². The summed E-state index contributed by atoms with van der Waals surface area (Å²) in [5, 5.41) is 13.0. The molecule has 0 bridgehead atoms. The van der Waals surface area contributed by atoms with Crippen LogP contribution in [0.4, 0.5) is 0 Å². The number of carbonyl (C=O) groups excluding carboxylic acids is 1. The number of rotatable bonds is 3. The second-order valence-corrected chi connectivity index (χ2v) is 6.50. The Bertz CT molecular complexity index is 286. The maximum absolute atomic E-state index is 12.1. The van der Waals surface area contributed by atoms with Crippen molar-refractivity contribution in [2.75, 3.05) is 7.05 Å². The van der Waals surface area contributed by atoms with E-state index in [-0.39, 0.29) is 29.6 Å². The third-order valence-corrected chi connectivity index (χ3v) is 3.71. The van der Waals surface area contributed by atoms with Crippen molar-refractivity contribution in [1.29, 1.82) is 0 Å². The van der Waals surface area contributed by atoms with Crippen LogP contribution < -0.4 is 5.32 Å². The normalized spacial score (nSPS) is 27.1. The van der Waals surface area contributed by atoms with Gasteiger partial charge in [0.15, 0.2) is 0 Å². The quantitative estimate of drug-likeness (QED) is 0.805. The molecule has 0 aromatic carbocycles. The lowest BCUT2D eigenvalue weighted by Crippen LogP contribution is -2.55. The lowest BCUT2D eigenvalue weighted by atomic mass is 9.91. The number of aliphatic hydroxyl groups excluding tert-OH is 1. The topological polar surface area (TPSA) is 52.6 Å². The van der Waals surface area contributed by atoms with Gasteiger partial charge in [0.25, 0.3) is 0 Å². The van der Waals surface area contributed by atoms with Crippen LogP contribution in [0.5, 0.6) is 0 Å². The summed E-state index contributed by atoms with van der Waals surface area (Å²) in [6.45, 7) is 7.84. The van der Waals surface area contributed by atoms with Gasteiger partial charge in [-0.1, -0.05) is 12.8 Å². The van der Waals surface area contributed by atoms with Crippen LogP contribution in [0.25, 0.3) is 0 Å². The summed E-state index contributed by atoms with van der Waals surface area (Å²) in [4.78, 5) is 14.1. The highest BCUT2D eigenvalue weighted by Gasteiger charge is 2.32. The van der Waals surface area contributed by atoms with Gasteiger partial charge in [-0.2, -0.15) is 0 Å². The van der Waals surface area contributed by atoms with Crippen molar-refractivity contribution in [3.8, 4) is 0 Å². The number of amides is 1. The molecule has 106 valence electrons. The minimum absolute atomic E-state index is 0.0303. The molecule has 3 atom stereocenters. The van der Waals surface area contributed by atoms with E-state index in [2.05, 4.69) is 5.32 Å². The molecule has 1 amide bonds. The molecule has 18 heavy (non-hydrogen) atoms. The molecule has 0 aliphatic heterocycles. The summed E-state index contributed by atoms with van der Waals surface area (Å²) in [5.41, 5.74) is -0.211. The van der Waals surface area contributed by atoms with Crippen LogP contribution in [0.1, 0.15) is 53.4 Å². The van der Waals surface area contributed by atoms with Gasteiger partial charge < -0.3 is 10.4 Å². The molecule has 0 aromatic heterocycles. The van der Waals surface area contributed by atoms with Crippen LogP contribution in [0.2, 0.25) is 0 Å². The Balaban J connectivity index is 2.59. The van der Waals surface area contributed by atoms with Crippen molar-refractivity contribution in [2.24, 2.45) is 0 Å². The van der Waals surface area contributed by atoms with E-state index in [1.165, 1.54) is 0 Å². The number of carbonyl (C=O) groups is 1. The molecular weight excluding hydrogens is 228 g/mol. The maximum Gasteiger partial charge on any atom is 0.237 e. The molecule has 4 heteroatoms. The van der Waals surface area contributed by atoms with Gasteiger partial charge in [0.2, 0.25) is 5.91 Å². The number of hydrogen-bond acceptors (Lipinski definition) is 3. The van der Waals surface area contributed by atoms with Crippen molar-refractivity contribution in [3.63, 3.8) is 0 Å². The highest BCUT2D eigenvalue weighted by Crippen LogP contribution is 2.23. The standard InChI is InChI=1S/C14H28N2O2/c1-10(13(18)15-14(2,3)4)16(5)11-8-6-7-9-12(11)17/h10-12,17H,6-9H2,1-5H3,(H,15,18). The Morgan fingerprint density at radius 2 is 1.89 bits per heavy atom. The molecule has 0 heterocycles. The predicted octanol–water partition coefficient (Wildman–Crippen LogP) is 1.52.